The summed E-state index contributed by atoms with van der Waals surface area (Å²) in [7, 11) is 1.71. The highest BCUT2D eigenvalue weighted by atomic mass is 79.9. The Bertz CT molecular complexity index is 366. The monoisotopic (exact) mass is 320 g/mol. The Morgan fingerprint density at radius 3 is 2.65 bits per heavy atom. The highest BCUT2D eigenvalue weighted by Gasteiger charge is 2.16. The molecule has 4 heteroatoms. The van der Waals surface area contributed by atoms with Gasteiger partial charge in [-0.2, -0.15) is 0 Å². The number of rotatable bonds is 6. The highest BCUT2D eigenvalue weighted by Crippen LogP contribution is 2.25. The summed E-state index contributed by atoms with van der Waals surface area (Å²) in [6.07, 6.45) is 0.835. The lowest BCUT2D eigenvalue weighted by Crippen LogP contribution is -2.25. The van der Waals surface area contributed by atoms with Crippen LogP contribution in [0.2, 0.25) is 0 Å². The summed E-state index contributed by atoms with van der Waals surface area (Å²) < 4.78 is 12.1. The van der Waals surface area contributed by atoms with Crippen molar-refractivity contribution in [2.45, 2.75) is 31.7 Å². The molecule has 2 nitrogen and oxygen atoms in total. The van der Waals surface area contributed by atoms with Crippen molar-refractivity contribution in [3.63, 3.8) is 0 Å². The molecule has 0 aliphatic rings. The van der Waals surface area contributed by atoms with Gasteiger partial charge in [-0.3, -0.25) is 0 Å². The maximum absolute atomic E-state index is 5.87. The van der Waals surface area contributed by atoms with Gasteiger partial charge in [0.15, 0.2) is 0 Å². The first-order valence-electron chi connectivity index (χ1n) is 5.51. The van der Waals surface area contributed by atoms with E-state index < -0.39 is 0 Å². The third-order valence-corrected chi connectivity index (χ3v) is 3.46. The molecule has 0 saturated heterocycles. The van der Waals surface area contributed by atoms with E-state index in [0.29, 0.717) is 12.5 Å². The van der Waals surface area contributed by atoms with E-state index in [4.69, 9.17) is 21.1 Å². The van der Waals surface area contributed by atoms with Gasteiger partial charge in [0.05, 0.1) is 18.1 Å². The second kappa shape index (κ2) is 6.62. The van der Waals surface area contributed by atoms with Crippen molar-refractivity contribution in [1.29, 1.82) is 0 Å². The van der Waals surface area contributed by atoms with E-state index in [2.05, 4.69) is 15.9 Å². The predicted octanol–water partition coefficient (Wildman–Crippen LogP) is 4.38. The van der Waals surface area contributed by atoms with Crippen molar-refractivity contribution in [2.24, 2.45) is 0 Å². The Labute approximate surface area is 116 Å². The van der Waals surface area contributed by atoms with Gasteiger partial charge in [-0.05, 0) is 32.0 Å². The van der Waals surface area contributed by atoms with Crippen LogP contribution in [0.1, 0.15) is 25.8 Å². The second-order valence-electron chi connectivity index (χ2n) is 4.45. The molecule has 0 radical (unpaired) electrons. The molecule has 96 valence electrons. The molecule has 0 bridgehead atoms. The van der Waals surface area contributed by atoms with Gasteiger partial charge in [0, 0.05) is 23.6 Å². The van der Waals surface area contributed by atoms with Crippen molar-refractivity contribution in [2.75, 3.05) is 13.7 Å². The van der Waals surface area contributed by atoms with Crippen LogP contribution in [-0.2, 0) is 10.6 Å². The van der Waals surface area contributed by atoms with Crippen molar-refractivity contribution in [3.8, 4) is 5.75 Å². The molecular weight excluding hydrogens is 303 g/mol. The van der Waals surface area contributed by atoms with Crippen molar-refractivity contribution >= 4 is 27.5 Å². The van der Waals surface area contributed by atoms with E-state index in [1.54, 1.807) is 7.11 Å². The fourth-order valence-corrected chi connectivity index (χ4v) is 1.92. The number of hydrogen-bond acceptors (Lipinski definition) is 2. The summed E-state index contributed by atoms with van der Waals surface area (Å²) in [5.41, 5.74) is 0.840. The number of ether oxygens (including phenoxy) is 2. The van der Waals surface area contributed by atoms with Gasteiger partial charge in [0.25, 0.3) is 0 Å². The summed E-state index contributed by atoms with van der Waals surface area (Å²) in [4.78, 5) is 0. The minimum atomic E-state index is -0.156. The number of benzene rings is 1. The van der Waals surface area contributed by atoms with Crippen LogP contribution in [-0.4, -0.2) is 19.3 Å². The first kappa shape index (κ1) is 14.8. The number of alkyl halides is 1. The van der Waals surface area contributed by atoms with Crippen molar-refractivity contribution < 1.29 is 9.47 Å². The molecule has 0 aliphatic heterocycles. The maximum Gasteiger partial charge on any atom is 0.123 e. The van der Waals surface area contributed by atoms with Crippen LogP contribution in [0, 0.1) is 0 Å². The Morgan fingerprint density at radius 2 is 2.06 bits per heavy atom. The topological polar surface area (TPSA) is 18.5 Å². The summed E-state index contributed by atoms with van der Waals surface area (Å²) in [6, 6.07) is 5.86. The Morgan fingerprint density at radius 1 is 1.35 bits per heavy atom. The van der Waals surface area contributed by atoms with Gasteiger partial charge in [-0.25, -0.2) is 0 Å². The van der Waals surface area contributed by atoms with Gasteiger partial charge in [0.2, 0.25) is 0 Å². The zero-order valence-corrected chi connectivity index (χ0v) is 12.8. The molecule has 17 heavy (non-hydrogen) atoms. The number of methoxy groups -OCH3 is 1. The molecule has 1 rings (SSSR count). The summed E-state index contributed by atoms with van der Waals surface area (Å²) in [6.45, 7) is 4.70. The highest BCUT2D eigenvalue weighted by molar-refractivity contribution is 9.10. The summed E-state index contributed by atoms with van der Waals surface area (Å²) in [5, 5.41) is 0. The van der Waals surface area contributed by atoms with Crippen LogP contribution in [0.3, 0.4) is 0 Å². The average Bonchev–Trinajstić information content (AvgIpc) is 2.30. The van der Waals surface area contributed by atoms with E-state index in [0.717, 1.165) is 22.2 Å². The lowest BCUT2D eigenvalue weighted by atomic mass is 10.1. The zero-order valence-electron chi connectivity index (χ0n) is 10.4. The largest absolute Gasteiger partial charge is 0.493 e. The Kier molecular flexibility index (Phi) is 5.77. The third-order valence-electron chi connectivity index (χ3n) is 2.68. The third kappa shape index (κ3) is 4.86. The average molecular weight is 322 g/mol. The fourth-order valence-electron chi connectivity index (χ4n) is 1.30. The molecule has 1 aromatic rings. The lowest BCUT2D eigenvalue weighted by Gasteiger charge is -2.23. The van der Waals surface area contributed by atoms with Crippen LogP contribution in [0.5, 0.6) is 5.75 Å². The zero-order chi connectivity index (χ0) is 12.9. The molecular formula is C13H18BrClO2. The molecule has 0 aliphatic carbocycles. The number of hydrogen-bond donors (Lipinski definition) is 0. The van der Waals surface area contributed by atoms with Gasteiger partial charge in [-0.15, -0.1) is 11.6 Å². The van der Waals surface area contributed by atoms with Gasteiger partial charge < -0.3 is 9.47 Å². The molecule has 0 aromatic heterocycles. The molecule has 0 unspecified atom stereocenters. The summed E-state index contributed by atoms with van der Waals surface area (Å²) >= 11 is 9.29. The summed E-state index contributed by atoms with van der Waals surface area (Å²) in [5.74, 6) is 1.29. The van der Waals surface area contributed by atoms with Gasteiger partial charge in [0.1, 0.15) is 5.75 Å². The quantitative estimate of drug-likeness (QED) is 0.724. The Hall–Kier alpha value is -0.250. The first-order chi connectivity index (χ1) is 7.98. The molecule has 0 N–H and O–H groups in total. The normalized spacial score (nSPS) is 11.6. The van der Waals surface area contributed by atoms with Crippen LogP contribution < -0.4 is 4.74 Å². The lowest BCUT2D eigenvalue weighted by molar-refractivity contribution is 0.00539. The van der Waals surface area contributed by atoms with Crippen LogP contribution in [0.25, 0.3) is 0 Å². The minimum absolute atomic E-state index is 0.156. The predicted molar refractivity (Wildman–Crippen MR) is 74.9 cm³/mol. The Balaban J connectivity index is 2.57. The molecule has 0 fully saturated rings. The molecule has 0 amide bonds. The molecule has 0 heterocycles. The fraction of sp³-hybridized carbons (Fsp3) is 0.538. The van der Waals surface area contributed by atoms with Crippen molar-refractivity contribution in [3.05, 3.63) is 28.2 Å². The van der Waals surface area contributed by atoms with E-state index in [9.17, 15) is 0 Å². The first-order valence-corrected chi connectivity index (χ1v) is 6.83. The molecule has 0 spiro atoms. The van der Waals surface area contributed by atoms with E-state index in [-0.39, 0.29) is 5.60 Å². The second-order valence-corrected chi connectivity index (χ2v) is 5.63. The van der Waals surface area contributed by atoms with Crippen LogP contribution >= 0.6 is 27.5 Å². The smallest absolute Gasteiger partial charge is 0.123 e. The van der Waals surface area contributed by atoms with E-state index in [1.165, 1.54) is 0 Å². The van der Waals surface area contributed by atoms with Gasteiger partial charge >= 0.3 is 0 Å². The standard InChI is InChI=1S/C13H18BrClO2/c1-13(2,16-3)6-7-17-12-5-4-11(14)8-10(12)9-15/h4-5,8H,6-7,9H2,1-3H3. The van der Waals surface area contributed by atoms with Crippen LogP contribution in [0.15, 0.2) is 22.7 Å². The minimum Gasteiger partial charge on any atom is -0.493 e. The SMILES string of the molecule is COC(C)(C)CCOc1ccc(Br)cc1CCl. The molecule has 1 aromatic carbocycles. The maximum atomic E-state index is 5.87. The van der Waals surface area contributed by atoms with E-state index >= 15 is 0 Å². The van der Waals surface area contributed by atoms with Gasteiger partial charge in [-0.1, -0.05) is 15.9 Å². The van der Waals surface area contributed by atoms with Crippen molar-refractivity contribution in [1.82, 2.24) is 0 Å². The van der Waals surface area contributed by atoms with Crippen LogP contribution in [0.4, 0.5) is 0 Å². The molecule has 0 atom stereocenters. The number of halogens is 2. The molecule has 0 saturated carbocycles. The van der Waals surface area contributed by atoms with E-state index in [1.807, 2.05) is 32.0 Å².